The van der Waals surface area contributed by atoms with Crippen molar-refractivity contribution in [1.82, 2.24) is 9.97 Å². The zero-order valence-corrected chi connectivity index (χ0v) is 17.3. The second-order valence-electron chi connectivity index (χ2n) is 8.22. The molecule has 1 heterocycles. The first-order valence-corrected chi connectivity index (χ1v) is 10.9. The standard InChI is InChI=1S/C30H18N2/c1-3-9-19(10-4-1)22-17-15-21-16-18-23(20-11-5-2-6-12-20)28-26(21)27(22)29-30(28)32-25-14-8-7-13-24(25)31-29/h1-18H. The van der Waals surface area contributed by atoms with Crippen LogP contribution in [-0.2, 0) is 0 Å². The number of rotatable bonds is 2. The van der Waals surface area contributed by atoms with Crippen LogP contribution in [0.4, 0.5) is 0 Å². The summed E-state index contributed by atoms with van der Waals surface area (Å²) < 4.78 is 0. The summed E-state index contributed by atoms with van der Waals surface area (Å²) >= 11 is 0. The van der Waals surface area contributed by atoms with Crippen molar-refractivity contribution in [2.45, 2.75) is 0 Å². The minimum atomic E-state index is 0.927. The Bertz CT molecular complexity index is 1530. The van der Waals surface area contributed by atoms with Gasteiger partial charge in [-0.3, -0.25) is 0 Å². The van der Waals surface area contributed by atoms with Gasteiger partial charge in [-0.05, 0) is 39.8 Å². The van der Waals surface area contributed by atoms with Gasteiger partial charge in [0.25, 0.3) is 0 Å². The van der Waals surface area contributed by atoms with Gasteiger partial charge < -0.3 is 0 Å². The van der Waals surface area contributed by atoms with E-state index >= 15 is 0 Å². The van der Waals surface area contributed by atoms with Gasteiger partial charge in [0.05, 0.1) is 22.4 Å². The Kier molecular flexibility index (Phi) is 3.58. The Morgan fingerprint density at radius 3 is 1.31 bits per heavy atom. The molecule has 6 aromatic rings. The van der Waals surface area contributed by atoms with Gasteiger partial charge in [0.1, 0.15) is 0 Å². The van der Waals surface area contributed by atoms with Gasteiger partial charge in [-0.1, -0.05) is 97.1 Å². The van der Waals surface area contributed by atoms with Gasteiger partial charge in [0.2, 0.25) is 0 Å². The minimum absolute atomic E-state index is 0.927. The molecule has 32 heavy (non-hydrogen) atoms. The summed E-state index contributed by atoms with van der Waals surface area (Å²) in [6.07, 6.45) is 0. The van der Waals surface area contributed by atoms with Crippen molar-refractivity contribution in [3.63, 3.8) is 0 Å². The molecule has 5 aromatic carbocycles. The van der Waals surface area contributed by atoms with E-state index in [9.17, 15) is 0 Å². The Morgan fingerprint density at radius 2 is 0.844 bits per heavy atom. The fourth-order valence-corrected chi connectivity index (χ4v) is 4.98. The molecule has 2 nitrogen and oxygen atoms in total. The Hall–Kier alpha value is -4.30. The SMILES string of the molecule is c1ccc(-c2ccc3ccc(-c4ccccc4)c4c3c2-c2nc3ccccc3nc2-4)cc1. The largest absolute Gasteiger partial charge is 0.244 e. The normalized spacial score (nSPS) is 11.8. The van der Waals surface area contributed by atoms with Crippen LogP contribution < -0.4 is 0 Å². The van der Waals surface area contributed by atoms with Gasteiger partial charge in [-0.15, -0.1) is 0 Å². The molecule has 0 aliphatic heterocycles. The topological polar surface area (TPSA) is 25.8 Å². The van der Waals surface area contributed by atoms with E-state index in [1.165, 1.54) is 44.2 Å². The molecular weight excluding hydrogens is 388 g/mol. The Balaban J connectivity index is 1.67. The summed E-state index contributed by atoms with van der Waals surface area (Å²) in [5, 5.41) is 2.47. The molecule has 0 amide bonds. The van der Waals surface area contributed by atoms with Gasteiger partial charge in [0.15, 0.2) is 0 Å². The molecule has 0 unspecified atom stereocenters. The fourth-order valence-electron chi connectivity index (χ4n) is 4.98. The molecule has 0 spiro atoms. The van der Waals surface area contributed by atoms with Gasteiger partial charge in [-0.25, -0.2) is 9.97 Å². The summed E-state index contributed by atoms with van der Waals surface area (Å²) in [6, 6.07) is 38.2. The third kappa shape index (κ3) is 2.41. The number of fused-ring (bicyclic) bond motifs is 4. The highest BCUT2D eigenvalue weighted by molar-refractivity contribution is 6.21. The van der Waals surface area contributed by atoms with Gasteiger partial charge in [0, 0.05) is 16.5 Å². The zero-order chi connectivity index (χ0) is 21.1. The van der Waals surface area contributed by atoms with Crippen LogP contribution in [0.15, 0.2) is 109 Å². The van der Waals surface area contributed by atoms with Crippen LogP contribution in [0.1, 0.15) is 0 Å². The monoisotopic (exact) mass is 406 g/mol. The summed E-state index contributed by atoms with van der Waals surface area (Å²) in [7, 11) is 0. The molecule has 2 heteroatoms. The average Bonchev–Trinajstić information content (AvgIpc) is 3.20. The fraction of sp³-hybridized carbons (Fsp3) is 0. The summed E-state index contributed by atoms with van der Waals surface area (Å²) in [5.74, 6) is 0. The number of nitrogens with zero attached hydrogens (tertiary/aromatic N) is 2. The molecule has 7 rings (SSSR count). The maximum absolute atomic E-state index is 5.15. The molecule has 1 aliphatic carbocycles. The maximum Gasteiger partial charge on any atom is 0.0986 e. The third-order valence-corrected chi connectivity index (χ3v) is 6.40. The van der Waals surface area contributed by atoms with Crippen LogP contribution in [0.2, 0.25) is 0 Å². The molecule has 0 saturated heterocycles. The first-order chi connectivity index (χ1) is 15.9. The molecule has 148 valence electrons. The molecule has 0 fully saturated rings. The molecule has 1 aliphatic rings. The second-order valence-corrected chi connectivity index (χ2v) is 8.22. The summed E-state index contributed by atoms with van der Waals surface area (Å²) in [4.78, 5) is 10.3. The third-order valence-electron chi connectivity index (χ3n) is 6.40. The smallest absolute Gasteiger partial charge is 0.0986 e. The first-order valence-electron chi connectivity index (χ1n) is 10.9. The van der Waals surface area contributed by atoms with Crippen molar-refractivity contribution >= 4 is 21.8 Å². The van der Waals surface area contributed by atoms with E-state index in [2.05, 4.69) is 84.9 Å². The molecule has 0 radical (unpaired) electrons. The Labute approximate surface area is 185 Å². The average molecular weight is 406 g/mol. The van der Waals surface area contributed by atoms with E-state index in [-0.39, 0.29) is 0 Å². The van der Waals surface area contributed by atoms with E-state index < -0.39 is 0 Å². The highest BCUT2D eigenvalue weighted by Gasteiger charge is 2.30. The predicted octanol–water partition coefficient (Wildman–Crippen LogP) is 7.76. The van der Waals surface area contributed by atoms with Crippen molar-refractivity contribution in [3.8, 4) is 44.8 Å². The molecule has 0 N–H and O–H groups in total. The predicted molar refractivity (Wildman–Crippen MR) is 132 cm³/mol. The highest BCUT2D eigenvalue weighted by Crippen LogP contribution is 2.53. The lowest BCUT2D eigenvalue weighted by Gasteiger charge is -2.12. The number of hydrogen-bond donors (Lipinski definition) is 0. The van der Waals surface area contributed by atoms with Crippen LogP contribution >= 0.6 is 0 Å². The quantitative estimate of drug-likeness (QED) is 0.293. The van der Waals surface area contributed by atoms with Crippen molar-refractivity contribution in [3.05, 3.63) is 109 Å². The van der Waals surface area contributed by atoms with E-state index in [0.29, 0.717) is 0 Å². The van der Waals surface area contributed by atoms with Crippen molar-refractivity contribution < 1.29 is 0 Å². The van der Waals surface area contributed by atoms with Crippen LogP contribution in [0.5, 0.6) is 0 Å². The Morgan fingerprint density at radius 1 is 0.406 bits per heavy atom. The number of benzene rings is 5. The molecule has 0 bridgehead atoms. The van der Waals surface area contributed by atoms with Crippen molar-refractivity contribution in [2.75, 3.05) is 0 Å². The molecular formula is C30H18N2. The second kappa shape index (κ2) is 6.60. The number of para-hydroxylation sites is 2. The lowest BCUT2D eigenvalue weighted by molar-refractivity contribution is 1.32. The maximum atomic E-state index is 5.15. The molecule has 1 aromatic heterocycles. The summed E-state index contributed by atoms with van der Waals surface area (Å²) in [5.41, 5.74) is 11.0. The number of hydrogen-bond acceptors (Lipinski definition) is 2. The van der Waals surface area contributed by atoms with Crippen LogP contribution in [-0.4, -0.2) is 9.97 Å². The van der Waals surface area contributed by atoms with E-state index in [4.69, 9.17) is 9.97 Å². The number of aromatic nitrogens is 2. The first kappa shape index (κ1) is 17.4. The van der Waals surface area contributed by atoms with Crippen molar-refractivity contribution in [1.29, 1.82) is 0 Å². The molecule has 0 atom stereocenters. The lowest BCUT2D eigenvalue weighted by Crippen LogP contribution is -1.92. The van der Waals surface area contributed by atoms with E-state index in [1.807, 2.05) is 24.3 Å². The molecule has 0 saturated carbocycles. The van der Waals surface area contributed by atoms with Gasteiger partial charge in [-0.2, -0.15) is 0 Å². The van der Waals surface area contributed by atoms with Crippen LogP contribution in [0, 0.1) is 0 Å². The van der Waals surface area contributed by atoms with Gasteiger partial charge >= 0.3 is 0 Å². The van der Waals surface area contributed by atoms with Crippen LogP contribution in [0.3, 0.4) is 0 Å². The zero-order valence-electron chi connectivity index (χ0n) is 17.3. The van der Waals surface area contributed by atoms with Crippen molar-refractivity contribution in [2.24, 2.45) is 0 Å². The minimum Gasteiger partial charge on any atom is -0.244 e. The van der Waals surface area contributed by atoms with Crippen LogP contribution in [0.25, 0.3) is 66.6 Å². The van der Waals surface area contributed by atoms with E-state index in [1.54, 1.807) is 0 Å². The lowest BCUT2D eigenvalue weighted by atomic mass is 9.91. The highest BCUT2D eigenvalue weighted by atomic mass is 14.8. The summed E-state index contributed by atoms with van der Waals surface area (Å²) in [6.45, 7) is 0. The van der Waals surface area contributed by atoms with E-state index in [0.717, 1.165) is 22.4 Å².